The van der Waals surface area contributed by atoms with Crippen molar-refractivity contribution < 1.29 is 4.39 Å². The van der Waals surface area contributed by atoms with E-state index in [0.29, 0.717) is 10.9 Å². The first kappa shape index (κ1) is 7.56. The SMILES string of the molecule is Fc1c2ccccc2cn2cccc12. The van der Waals surface area contributed by atoms with E-state index >= 15 is 0 Å². The average Bonchev–Trinajstić information content (AvgIpc) is 2.66. The minimum Gasteiger partial charge on any atom is -0.321 e. The smallest absolute Gasteiger partial charge is 0.155 e. The summed E-state index contributed by atoms with van der Waals surface area (Å²) in [5.74, 6) is -0.145. The lowest BCUT2D eigenvalue weighted by Crippen LogP contribution is -1.88. The molecule has 0 bridgehead atoms. The fourth-order valence-corrected chi connectivity index (χ4v) is 1.79. The molecule has 0 aliphatic rings. The molecular weight excluding hydrogens is 177 g/mol. The molecule has 1 nitrogen and oxygen atoms in total. The number of nitrogens with zero attached hydrogens (tertiary/aromatic N) is 1. The molecule has 2 aromatic heterocycles. The van der Waals surface area contributed by atoms with Crippen molar-refractivity contribution in [2.75, 3.05) is 0 Å². The van der Waals surface area contributed by atoms with Gasteiger partial charge in [0.15, 0.2) is 5.82 Å². The fraction of sp³-hybridized carbons (Fsp3) is 0. The molecule has 0 spiro atoms. The van der Waals surface area contributed by atoms with Gasteiger partial charge < -0.3 is 4.40 Å². The third-order valence-electron chi connectivity index (χ3n) is 2.48. The number of fused-ring (bicyclic) bond motifs is 2. The van der Waals surface area contributed by atoms with Crippen molar-refractivity contribution in [3.63, 3.8) is 0 Å². The zero-order chi connectivity index (χ0) is 9.54. The van der Waals surface area contributed by atoms with Crippen LogP contribution in [-0.2, 0) is 0 Å². The largest absolute Gasteiger partial charge is 0.321 e. The molecule has 3 rings (SSSR count). The maximum atomic E-state index is 13.9. The molecule has 0 saturated carbocycles. The first-order valence-electron chi connectivity index (χ1n) is 4.50. The van der Waals surface area contributed by atoms with E-state index in [9.17, 15) is 4.39 Å². The first-order chi connectivity index (χ1) is 6.86. The molecule has 0 unspecified atom stereocenters. The Bertz CT molecular complexity index is 610. The molecular formula is C12H8FN. The molecule has 0 aliphatic carbocycles. The third-order valence-corrected chi connectivity index (χ3v) is 2.48. The predicted octanol–water partition coefficient (Wildman–Crippen LogP) is 3.23. The zero-order valence-electron chi connectivity index (χ0n) is 7.44. The van der Waals surface area contributed by atoms with E-state index in [0.717, 1.165) is 5.39 Å². The van der Waals surface area contributed by atoms with Crippen LogP contribution >= 0.6 is 0 Å². The van der Waals surface area contributed by atoms with Gasteiger partial charge in [-0.05, 0) is 12.1 Å². The Morgan fingerprint density at radius 2 is 1.86 bits per heavy atom. The Morgan fingerprint density at radius 3 is 2.79 bits per heavy atom. The lowest BCUT2D eigenvalue weighted by molar-refractivity contribution is 0.645. The molecule has 1 aromatic carbocycles. The number of aromatic nitrogens is 1. The van der Waals surface area contributed by atoms with Crippen LogP contribution in [0.5, 0.6) is 0 Å². The molecule has 0 fully saturated rings. The van der Waals surface area contributed by atoms with E-state index in [2.05, 4.69) is 0 Å². The van der Waals surface area contributed by atoms with Crippen LogP contribution in [0.2, 0.25) is 0 Å². The van der Waals surface area contributed by atoms with Crippen LogP contribution in [0.1, 0.15) is 0 Å². The van der Waals surface area contributed by atoms with Crippen LogP contribution < -0.4 is 0 Å². The van der Waals surface area contributed by atoms with Crippen LogP contribution in [0.15, 0.2) is 48.8 Å². The fourth-order valence-electron chi connectivity index (χ4n) is 1.79. The highest BCUT2D eigenvalue weighted by Crippen LogP contribution is 2.21. The van der Waals surface area contributed by atoms with Crippen LogP contribution in [0.4, 0.5) is 4.39 Å². The van der Waals surface area contributed by atoms with E-state index in [1.807, 2.05) is 36.7 Å². The Balaban J connectivity index is 2.63. The number of hydrogen-bond donors (Lipinski definition) is 0. The van der Waals surface area contributed by atoms with Crippen molar-refractivity contribution in [3.8, 4) is 0 Å². The molecule has 3 aromatic rings. The van der Waals surface area contributed by atoms with Crippen molar-refractivity contribution >= 4 is 16.3 Å². The minimum atomic E-state index is -0.145. The van der Waals surface area contributed by atoms with Crippen LogP contribution in [0.25, 0.3) is 16.3 Å². The standard InChI is InChI=1S/C12H8FN/c13-12-10-5-2-1-4-9(10)8-14-7-3-6-11(12)14/h1-8H. The average molecular weight is 185 g/mol. The number of halogens is 1. The number of benzene rings is 1. The molecule has 0 atom stereocenters. The van der Waals surface area contributed by atoms with Crippen molar-refractivity contribution in [1.82, 2.24) is 4.40 Å². The summed E-state index contributed by atoms with van der Waals surface area (Å²) in [5.41, 5.74) is 0.628. The minimum absolute atomic E-state index is 0.145. The summed E-state index contributed by atoms with van der Waals surface area (Å²) in [4.78, 5) is 0. The van der Waals surface area contributed by atoms with E-state index in [-0.39, 0.29) is 5.82 Å². The van der Waals surface area contributed by atoms with E-state index in [4.69, 9.17) is 0 Å². The van der Waals surface area contributed by atoms with Gasteiger partial charge in [-0.3, -0.25) is 0 Å². The maximum absolute atomic E-state index is 13.9. The summed E-state index contributed by atoms with van der Waals surface area (Å²) < 4.78 is 15.7. The predicted molar refractivity (Wildman–Crippen MR) is 54.9 cm³/mol. The quantitative estimate of drug-likeness (QED) is 0.506. The van der Waals surface area contributed by atoms with E-state index < -0.39 is 0 Å². The van der Waals surface area contributed by atoms with Crippen molar-refractivity contribution in [2.45, 2.75) is 0 Å². The summed E-state index contributed by atoms with van der Waals surface area (Å²) in [6.07, 6.45) is 3.79. The molecule has 14 heavy (non-hydrogen) atoms. The highest BCUT2D eigenvalue weighted by atomic mass is 19.1. The Morgan fingerprint density at radius 1 is 1.00 bits per heavy atom. The molecule has 2 heterocycles. The first-order valence-corrected chi connectivity index (χ1v) is 4.50. The third kappa shape index (κ3) is 0.880. The van der Waals surface area contributed by atoms with Crippen molar-refractivity contribution in [1.29, 1.82) is 0 Å². The highest BCUT2D eigenvalue weighted by molar-refractivity contribution is 5.86. The van der Waals surface area contributed by atoms with Gasteiger partial charge in [0, 0.05) is 23.2 Å². The Hall–Kier alpha value is -1.83. The number of pyridine rings is 1. The van der Waals surface area contributed by atoms with Crippen LogP contribution in [0, 0.1) is 5.82 Å². The zero-order valence-corrected chi connectivity index (χ0v) is 7.44. The van der Waals surface area contributed by atoms with Crippen LogP contribution in [0.3, 0.4) is 0 Å². The van der Waals surface area contributed by atoms with Gasteiger partial charge in [0.25, 0.3) is 0 Å². The Labute approximate surface area is 80.4 Å². The second kappa shape index (κ2) is 2.58. The summed E-state index contributed by atoms with van der Waals surface area (Å²) in [5, 5.41) is 1.60. The monoisotopic (exact) mass is 185 g/mol. The van der Waals surface area contributed by atoms with Gasteiger partial charge in [-0.1, -0.05) is 24.3 Å². The molecule has 0 saturated heterocycles. The molecule has 68 valence electrons. The van der Waals surface area contributed by atoms with E-state index in [1.54, 1.807) is 16.5 Å². The van der Waals surface area contributed by atoms with Gasteiger partial charge >= 0.3 is 0 Å². The molecule has 0 N–H and O–H groups in total. The summed E-state index contributed by atoms with van der Waals surface area (Å²) >= 11 is 0. The van der Waals surface area contributed by atoms with Gasteiger partial charge in [0.05, 0.1) is 5.52 Å². The second-order valence-corrected chi connectivity index (χ2v) is 3.33. The van der Waals surface area contributed by atoms with Crippen LogP contribution in [-0.4, -0.2) is 4.40 Å². The van der Waals surface area contributed by atoms with Crippen molar-refractivity contribution in [3.05, 3.63) is 54.6 Å². The summed E-state index contributed by atoms with van der Waals surface area (Å²) in [6.45, 7) is 0. The summed E-state index contributed by atoms with van der Waals surface area (Å²) in [6, 6.07) is 11.1. The van der Waals surface area contributed by atoms with Gasteiger partial charge in [0.1, 0.15) is 0 Å². The highest BCUT2D eigenvalue weighted by Gasteiger charge is 2.05. The Kier molecular flexibility index (Phi) is 1.39. The van der Waals surface area contributed by atoms with Gasteiger partial charge in [-0.25, -0.2) is 4.39 Å². The summed E-state index contributed by atoms with van der Waals surface area (Å²) in [7, 11) is 0. The molecule has 0 radical (unpaired) electrons. The molecule has 0 amide bonds. The molecule has 2 heteroatoms. The lowest BCUT2D eigenvalue weighted by Gasteiger charge is -2.02. The van der Waals surface area contributed by atoms with Crippen molar-refractivity contribution in [2.24, 2.45) is 0 Å². The number of rotatable bonds is 0. The normalized spacial score (nSPS) is 11.2. The van der Waals surface area contributed by atoms with E-state index in [1.165, 1.54) is 0 Å². The maximum Gasteiger partial charge on any atom is 0.155 e. The van der Waals surface area contributed by atoms with Gasteiger partial charge in [0.2, 0.25) is 0 Å². The topological polar surface area (TPSA) is 4.41 Å². The molecule has 0 aliphatic heterocycles. The number of hydrogen-bond acceptors (Lipinski definition) is 0. The van der Waals surface area contributed by atoms with Gasteiger partial charge in [-0.15, -0.1) is 0 Å². The second-order valence-electron chi connectivity index (χ2n) is 3.33. The lowest BCUT2D eigenvalue weighted by atomic mass is 10.1. The van der Waals surface area contributed by atoms with Gasteiger partial charge in [-0.2, -0.15) is 0 Å².